The molecule has 1 aromatic heterocycles. The van der Waals surface area contributed by atoms with Crippen LogP contribution in [0.5, 0.6) is 17.2 Å². The lowest BCUT2D eigenvalue weighted by molar-refractivity contribution is 0.262. The first-order valence-corrected chi connectivity index (χ1v) is 6.94. The highest BCUT2D eigenvalue weighted by Gasteiger charge is 2.14. The van der Waals surface area contributed by atoms with Gasteiger partial charge in [-0.1, -0.05) is 11.6 Å². The third-order valence-corrected chi connectivity index (χ3v) is 3.12. The molecule has 0 unspecified atom stereocenters. The van der Waals surface area contributed by atoms with E-state index in [1.54, 1.807) is 24.3 Å². The van der Waals surface area contributed by atoms with Crippen molar-refractivity contribution in [2.75, 3.05) is 32.0 Å². The van der Waals surface area contributed by atoms with Gasteiger partial charge in [-0.25, -0.2) is 9.78 Å². The molecule has 23 heavy (non-hydrogen) atoms. The smallest absolute Gasteiger partial charge is 0.324 e. The molecule has 0 bridgehead atoms. The topological polar surface area (TPSA) is 81.7 Å². The Morgan fingerprint density at radius 3 is 2.17 bits per heavy atom. The van der Waals surface area contributed by atoms with Gasteiger partial charge in [0.25, 0.3) is 0 Å². The van der Waals surface area contributed by atoms with Crippen molar-refractivity contribution in [3.8, 4) is 17.2 Å². The molecule has 2 aromatic rings. The van der Waals surface area contributed by atoms with Gasteiger partial charge in [-0.3, -0.25) is 5.32 Å². The average molecular weight is 338 g/mol. The van der Waals surface area contributed by atoms with E-state index in [4.69, 9.17) is 25.8 Å². The number of anilines is 2. The fourth-order valence-corrected chi connectivity index (χ4v) is 1.99. The molecular weight excluding hydrogens is 322 g/mol. The molecule has 0 spiro atoms. The summed E-state index contributed by atoms with van der Waals surface area (Å²) < 4.78 is 15.7. The predicted molar refractivity (Wildman–Crippen MR) is 88.0 cm³/mol. The number of nitrogens with zero attached hydrogens (tertiary/aromatic N) is 1. The zero-order valence-electron chi connectivity index (χ0n) is 12.8. The van der Waals surface area contributed by atoms with Crippen molar-refractivity contribution < 1.29 is 19.0 Å². The highest BCUT2D eigenvalue weighted by molar-refractivity contribution is 6.30. The quantitative estimate of drug-likeness (QED) is 0.873. The SMILES string of the molecule is COc1cc(NC(=O)Nc2ccc(Cl)cn2)cc(OC)c1OC. The number of hydrogen-bond acceptors (Lipinski definition) is 5. The summed E-state index contributed by atoms with van der Waals surface area (Å²) in [6, 6.07) is 6.00. The van der Waals surface area contributed by atoms with E-state index in [2.05, 4.69) is 15.6 Å². The summed E-state index contributed by atoms with van der Waals surface area (Å²) in [4.78, 5) is 16.0. The Bertz CT molecular complexity index is 667. The lowest BCUT2D eigenvalue weighted by Crippen LogP contribution is -2.20. The Balaban J connectivity index is 2.15. The first-order valence-electron chi connectivity index (χ1n) is 6.57. The van der Waals surface area contributed by atoms with Gasteiger partial charge >= 0.3 is 6.03 Å². The lowest BCUT2D eigenvalue weighted by Gasteiger charge is -2.14. The van der Waals surface area contributed by atoms with Crippen LogP contribution >= 0.6 is 11.6 Å². The number of carbonyl (C=O) groups excluding carboxylic acids is 1. The number of ether oxygens (including phenoxy) is 3. The molecule has 1 heterocycles. The van der Waals surface area contributed by atoms with Gasteiger partial charge in [0.05, 0.1) is 32.0 Å². The number of halogens is 1. The fourth-order valence-electron chi connectivity index (χ4n) is 1.88. The van der Waals surface area contributed by atoms with Crippen LogP contribution in [0.15, 0.2) is 30.5 Å². The number of amides is 2. The number of nitrogens with one attached hydrogen (secondary N) is 2. The molecule has 7 nitrogen and oxygen atoms in total. The van der Waals surface area contributed by atoms with Crippen LogP contribution in [0.25, 0.3) is 0 Å². The highest BCUT2D eigenvalue weighted by atomic mass is 35.5. The molecule has 0 radical (unpaired) electrons. The van der Waals surface area contributed by atoms with Crippen LogP contribution in [-0.4, -0.2) is 32.3 Å². The molecule has 0 saturated carbocycles. The second kappa shape index (κ2) is 7.55. The highest BCUT2D eigenvalue weighted by Crippen LogP contribution is 2.39. The maximum Gasteiger partial charge on any atom is 0.324 e. The molecule has 0 aliphatic rings. The van der Waals surface area contributed by atoms with Crippen LogP contribution in [0.3, 0.4) is 0 Å². The minimum absolute atomic E-state index is 0.374. The van der Waals surface area contributed by atoms with E-state index in [9.17, 15) is 4.79 Å². The number of rotatable bonds is 5. The van der Waals surface area contributed by atoms with Crippen molar-refractivity contribution in [3.63, 3.8) is 0 Å². The first-order chi connectivity index (χ1) is 11.1. The second-order valence-electron chi connectivity index (χ2n) is 4.35. The molecule has 0 fully saturated rings. The standard InChI is InChI=1S/C15H16ClN3O4/c1-21-11-6-10(7-12(22-2)14(11)23-3)18-15(20)19-13-5-4-9(16)8-17-13/h4-8H,1-3H3,(H2,17,18,19,20). The number of hydrogen-bond donors (Lipinski definition) is 2. The number of pyridine rings is 1. The molecule has 122 valence electrons. The van der Waals surface area contributed by atoms with Gasteiger partial charge in [0, 0.05) is 18.3 Å². The molecule has 2 amide bonds. The van der Waals surface area contributed by atoms with Crippen molar-refractivity contribution in [1.82, 2.24) is 4.98 Å². The van der Waals surface area contributed by atoms with Crippen molar-refractivity contribution in [3.05, 3.63) is 35.5 Å². The molecule has 8 heteroatoms. The van der Waals surface area contributed by atoms with E-state index in [1.165, 1.54) is 27.5 Å². The third-order valence-electron chi connectivity index (χ3n) is 2.89. The van der Waals surface area contributed by atoms with Crippen LogP contribution in [-0.2, 0) is 0 Å². The normalized spacial score (nSPS) is 9.91. The van der Waals surface area contributed by atoms with Crippen molar-refractivity contribution in [2.45, 2.75) is 0 Å². The predicted octanol–water partition coefficient (Wildman–Crippen LogP) is 3.40. The van der Waals surface area contributed by atoms with E-state index in [1.807, 2.05) is 0 Å². The molecule has 0 aliphatic heterocycles. The zero-order chi connectivity index (χ0) is 16.8. The molecule has 2 N–H and O–H groups in total. The largest absolute Gasteiger partial charge is 0.493 e. The average Bonchev–Trinajstić information content (AvgIpc) is 2.55. The van der Waals surface area contributed by atoms with Crippen LogP contribution in [0.4, 0.5) is 16.3 Å². The third kappa shape index (κ3) is 4.17. The van der Waals surface area contributed by atoms with E-state index in [0.717, 1.165) is 0 Å². The summed E-state index contributed by atoms with van der Waals surface area (Å²) in [5.41, 5.74) is 0.478. The number of aromatic nitrogens is 1. The van der Waals surface area contributed by atoms with Gasteiger partial charge in [0.2, 0.25) is 5.75 Å². The molecule has 0 aliphatic carbocycles. The summed E-state index contributed by atoms with van der Waals surface area (Å²) in [5.74, 6) is 1.69. The van der Waals surface area contributed by atoms with Crippen LogP contribution in [0.1, 0.15) is 0 Å². The maximum atomic E-state index is 12.0. The van der Waals surface area contributed by atoms with E-state index >= 15 is 0 Å². The van der Waals surface area contributed by atoms with E-state index in [-0.39, 0.29) is 0 Å². The van der Waals surface area contributed by atoms with Gasteiger partial charge in [0.1, 0.15) is 5.82 Å². The minimum Gasteiger partial charge on any atom is -0.493 e. The Hall–Kier alpha value is -2.67. The first kappa shape index (κ1) is 16.7. The van der Waals surface area contributed by atoms with Crippen molar-refractivity contribution in [2.24, 2.45) is 0 Å². The maximum absolute atomic E-state index is 12.0. The molecular formula is C15H16ClN3O4. The number of benzene rings is 1. The number of urea groups is 1. The zero-order valence-corrected chi connectivity index (χ0v) is 13.6. The molecule has 2 rings (SSSR count). The summed E-state index contributed by atoms with van der Waals surface area (Å²) in [5, 5.41) is 5.74. The molecule has 0 saturated heterocycles. The summed E-state index contributed by atoms with van der Waals surface area (Å²) in [6.45, 7) is 0. The van der Waals surface area contributed by atoms with Crippen LogP contribution in [0.2, 0.25) is 5.02 Å². The van der Waals surface area contributed by atoms with Gasteiger partial charge in [-0.2, -0.15) is 0 Å². The Morgan fingerprint density at radius 1 is 1.04 bits per heavy atom. The number of methoxy groups -OCH3 is 3. The summed E-state index contributed by atoms with van der Waals surface area (Å²) in [7, 11) is 4.50. The molecule has 1 aromatic carbocycles. The van der Waals surface area contributed by atoms with E-state index in [0.29, 0.717) is 33.8 Å². The van der Waals surface area contributed by atoms with Crippen molar-refractivity contribution in [1.29, 1.82) is 0 Å². The Kier molecular flexibility index (Phi) is 5.48. The molecule has 0 atom stereocenters. The number of carbonyl (C=O) groups is 1. The van der Waals surface area contributed by atoms with Gasteiger partial charge in [0.15, 0.2) is 11.5 Å². The second-order valence-corrected chi connectivity index (χ2v) is 4.79. The van der Waals surface area contributed by atoms with Gasteiger partial charge < -0.3 is 19.5 Å². The monoisotopic (exact) mass is 337 g/mol. The van der Waals surface area contributed by atoms with Crippen molar-refractivity contribution >= 4 is 29.1 Å². The summed E-state index contributed by atoms with van der Waals surface area (Å²) >= 11 is 5.74. The van der Waals surface area contributed by atoms with Gasteiger partial charge in [-0.15, -0.1) is 0 Å². The van der Waals surface area contributed by atoms with Crippen LogP contribution in [0, 0.1) is 0 Å². The Labute approximate surface area is 138 Å². The van der Waals surface area contributed by atoms with Crippen LogP contribution < -0.4 is 24.8 Å². The minimum atomic E-state index is -0.464. The van der Waals surface area contributed by atoms with Gasteiger partial charge in [-0.05, 0) is 12.1 Å². The van der Waals surface area contributed by atoms with E-state index < -0.39 is 6.03 Å². The lowest BCUT2D eigenvalue weighted by atomic mass is 10.2. The summed E-state index contributed by atoms with van der Waals surface area (Å²) in [6.07, 6.45) is 1.44. The fraction of sp³-hybridized carbons (Fsp3) is 0.200. The Morgan fingerprint density at radius 2 is 1.70 bits per heavy atom.